The molecular weight excluding hydrogens is 300 g/mol. The van der Waals surface area contributed by atoms with E-state index in [1.54, 1.807) is 0 Å². The van der Waals surface area contributed by atoms with E-state index < -0.39 is 0 Å². The minimum atomic E-state index is 0.0419. The largest absolute Gasteiger partial charge is 0.337 e. The molecule has 0 bridgehead atoms. The van der Waals surface area contributed by atoms with Crippen molar-refractivity contribution in [3.05, 3.63) is 46.5 Å². The van der Waals surface area contributed by atoms with Gasteiger partial charge in [0.25, 0.3) is 5.91 Å². The molecule has 1 N–H and O–H groups in total. The predicted molar refractivity (Wildman–Crippen MR) is 94.3 cm³/mol. The van der Waals surface area contributed by atoms with Crippen molar-refractivity contribution in [1.82, 2.24) is 20.1 Å². The molecule has 2 aromatic rings. The van der Waals surface area contributed by atoms with Gasteiger partial charge in [0, 0.05) is 30.4 Å². The van der Waals surface area contributed by atoms with Gasteiger partial charge in [-0.15, -0.1) is 0 Å². The zero-order valence-electron chi connectivity index (χ0n) is 15.0. The summed E-state index contributed by atoms with van der Waals surface area (Å²) in [5.41, 5.74) is 5.02. The first-order chi connectivity index (χ1) is 11.5. The van der Waals surface area contributed by atoms with Gasteiger partial charge in [-0.1, -0.05) is 20.8 Å². The van der Waals surface area contributed by atoms with E-state index in [1.165, 1.54) is 5.56 Å². The van der Waals surface area contributed by atoms with E-state index in [4.69, 9.17) is 4.98 Å². The van der Waals surface area contributed by atoms with Gasteiger partial charge in [0.1, 0.15) is 5.69 Å². The van der Waals surface area contributed by atoms with Crippen LogP contribution in [0.5, 0.6) is 0 Å². The van der Waals surface area contributed by atoms with Gasteiger partial charge >= 0.3 is 0 Å². The quantitative estimate of drug-likeness (QED) is 0.936. The summed E-state index contributed by atoms with van der Waals surface area (Å²) in [6.45, 7) is 9.85. The molecule has 24 heavy (non-hydrogen) atoms. The molecule has 1 aliphatic rings. The fourth-order valence-electron chi connectivity index (χ4n) is 3.28. The number of nitrogens with one attached hydrogen (secondary N) is 1. The van der Waals surface area contributed by atoms with Crippen LogP contribution in [-0.2, 0) is 6.42 Å². The highest BCUT2D eigenvalue weighted by molar-refractivity contribution is 5.92. The maximum atomic E-state index is 12.7. The SMILES string of the molecule is CCc1cc(C)nc(C2CCN(C(=O)c3cc(C(C)C)n[nH]3)C2)c1. The summed E-state index contributed by atoms with van der Waals surface area (Å²) in [5.74, 6) is 0.685. The van der Waals surface area contributed by atoms with E-state index in [-0.39, 0.29) is 5.91 Å². The second kappa shape index (κ2) is 6.75. The van der Waals surface area contributed by atoms with Crippen LogP contribution in [0, 0.1) is 6.92 Å². The summed E-state index contributed by atoms with van der Waals surface area (Å²) in [6.07, 6.45) is 1.98. The third kappa shape index (κ3) is 3.35. The first-order valence-corrected chi connectivity index (χ1v) is 8.80. The maximum Gasteiger partial charge on any atom is 0.271 e. The summed E-state index contributed by atoms with van der Waals surface area (Å²) < 4.78 is 0. The van der Waals surface area contributed by atoms with Crippen LogP contribution in [0.1, 0.15) is 72.2 Å². The molecule has 3 rings (SSSR count). The molecule has 1 atom stereocenters. The molecule has 0 aromatic carbocycles. The number of H-pyrrole nitrogens is 1. The fourth-order valence-corrected chi connectivity index (χ4v) is 3.28. The molecule has 0 saturated carbocycles. The summed E-state index contributed by atoms with van der Waals surface area (Å²) in [6, 6.07) is 6.21. The number of hydrogen-bond acceptors (Lipinski definition) is 3. The third-order valence-corrected chi connectivity index (χ3v) is 4.75. The normalized spacial score (nSPS) is 17.7. The average Bonchev–Trinajstić information content (AvgIpc) is 3.23. The Labute approximate surface area is 143 Å². The number of likely N-dealkylation sites (tertiary alicyclic amines) is 1. The molecule has 2 aromatic heterocycles. The molecule has 3 heterocycles. The average molecular weight is 326 g/mol. The Morgan fingerprint density at radius 2 is 2.17 bits per heavy atom. The third-order valence-electron chi connectivity index (χ3n) is 4.75. The van der Waals surface area contributed by atoms with E-state index in [0.29, 0.717) is 17.5 Å². The predicted octanol–water partition coefficient (Wildman–Crippen LogP) is 3.43. The van der Waals surface area contributed by atoms with Gasteiger partial charge in [0.05, 0.1) is 5.69 Å². The zero-order valence-corrected chi connectivity index (χ0v) is 15.0. The first-order valence-electron chi connectivity index (χ1n) is 8.80. The highest BCUT2D eigenvalue weighted by Gasteiger charge is 2.30. The number of rotatable bonds is 4. The number of nitrogens with zero attached hydrogens (tertiary/aromatic N) is 3. The Morgan fingerprint density at radius 3 is 2.83 bits per heavy atom. The number of aryl methyl sites for hydroxylation is 2. The van der Waals surface area contributed by atoms with Crippen molar-refractivity contribution in [2.45, 2.75) is 52.4 Å². The van der Waals surface area contributed by atoms with Gasteiger partial charge in [-0.2, -0.15) is 5.10 Å². The van der Waals surface area contributed by atoms with Gasteiger partial charge in [-0.3, -0.25) is 14.9 Å². The van der Waals surface area contributed by atoms with E-state index in [1.807, 2.05) is 17.9 Å². The lowest BCUT2D eigenvalue weighted by molar-refractivity contribution is 0.0785. The van der Waals surface area contributed by atoms with Crippen LogP contribution in [0.2, 0.25) is 0 Å². The van der Waals surface area contributed by atoms with Gasteiger partial charge < -0.3 is 4.90 Å². The number of hydrogen-bond donors (Lipinski definition) is 1. The van der Waals surface area contributed by atoms with Crippen molar-refractivity contribution in [3.8, 4) is 0 Å². The molecule has 5 nitrogen and oxygen atoms in total. The Morgan fingerprint density at radius 1 is 1.38 bits per heavy atom. The lowest BCUT2D eigenvalue weighted by Crippen LogP contribution is -2.28. The fraction of sp³-hybridized carbons (Fsp3) is 0.526. The Hall–Kier alpha value is -2.17. The standard InChI is InChI=1S/C19H26N4O/c1-5-14-8-13(4)20-17(9-14)15-6-7-23(11-15)19(24)18-10-16(12(2)3)21-22-18/h8-10,12,15H,5-7,11H2,1-4H3,(H,21,22). The van der Waals surface area contributed by atoms with E-state index in [0.717, 1.165) is 43.0 Å². The molecule has 1 saturated heterocycles. The van der Waals surface area contributed by atoms with Gasteiger partial charge in [0.15, 0.2) is 0 Å². The summed E-state index contributed by atoms with van der Waals surface area (Å²) in [5, 5.41) is 7.12. The number of aromatic amines is 1. The molecule has 0 spiro atoms. The highest BCUT2D eigenvalue weighted by atomic mass is 16.2. The lowest BCUT2D eigenvalue weighted by Gasteiger charge is -2.16. The van der Waals surface area contributed by atoms with Crippen molar-refractivity contribution in [1.29, 1.82) is 0 Å². The van der Waals surface area contributed by atoms with Crippen molar-refractivity contribution in [2.75, 3.05) is 13.1 Å². The Balaban J connectivity index is 1.72. The van der Waals surface area contributed by atoms with Crippen LogP contribution in [0.4, 0.5) is 0 Å². The monoisotopic (exact) mass is 326 g/mol. The lowest BCUT2D eigenvalue weighted by atomic mass is 10.0. The Bertz CT molecular complexity index is 735. The van der Waals surface area contributed by atoms with E-state index >= 15 is 0 Å². The van der Waals surface area contributed by atoms with E-state index in [9.17, 15) is 4.79 Å². The van der Waals surface area contributed by atoms with Crippen LogP contribution >= 0.6 is 0 Å². The number of carbonyl (C=O) groups excluding carboxylic acids is 1. The van der Waals surface area contributed by atoms with Crippen molar-refractivity contribution in [2.24, 2.45) is 0 Å². The van der Waals surface area contributed by atoms with Crippen LogP contribution < -0.4 is 0 Å². The molecule has 128 valence electrons. The molecule has 1 unspecified atom stereocenters. The molecule has 1 fully saturated rings. The molecule has 1 aliphatic heterocycles. The minimum absolute atomic E-state index is 0.0419. The van der Waals surface area contributed by atoms with Gasteiger partial charge in [0.2, 0.25) is 0 Å². The van der Waals surface area contributed by atoms with Gasteiger partial charge in [-0.25, -0.2) is 0 Å². The molecule has 0 aliphatic carbocycles. The topological polar surface area (TPSA) is 61.9 Å². The number of amides is 1. The van der Waals surface area contributed by atoms with Crippen LogP contribution in [0.15, 0.2) is 18.2 Å². The smallest absolute Gasteiger partial charge is 0.271 e. The number of aromatic nitrogens is 3. The summed E-state index contributed by atoms with van der Waals surface area (Å²) in [7, 11) is 0. The number of carbonyl (C=O) groups is 1. The summed E-state index contributed by atoms with van der Waals surface area (Å²) >= 11 is 0. The maximum absolute atomic E-state index is 12.7. The van der Waals surface area contributed by atoms with Crippen LogP contribution in [0.3, 0.4) is 0 Å². The van der Waals surface area contributed by atoms with Crippen molar-refractivity contribution >= 4 is 5.91 Å². The Kier molecular flexibility index (Phi) is 4.69. The van der Waals surface area contributed by atoms with Crippen molar-refractivity contribution < 1.29 is 4.79 Å². The number of pyridine rings is 1. The van der Waals surface area contributed by atoms with Crippen LogP contribution in [0.25, 0.3) is 0 Å². The second-order valence-corrected chi connectivity index (χ2v) is 6.99. The highest BCUT2D eigenvalue weighted by Crippen LogP contribution is 2.28. The zero-order chi connectivity index (χ0) is 17.3. The minimum Gasteiger partial charge on any atom is -0.337 e. The summed E-state index contributed by atoms with van der Waals surface area (Å²) in [4.78, 5) is 19.3. The first kappa shape index (κ1) is 16.7. The molecular formula is C19H26N4O. The van der Waals surface area contributed by atoms with Gasteiger partial charge in [-0.05, 0) is 49.4 Å². The molecule has 1 amide bonds. The molecule has 5 heteroatoms. The second-order valence-electron chi connectivity index (χ2n) is 6.99. The van der Waals surface area contributed by atoms with Crippen molar-refractivity contribution in [3.63, 3.8) is 0 Å². The molecule has 0 radical (unpaired) electrons. The van der Waals surface area contributed by atoms with E-state index in [2.05, 4.69) is 43.1 Å². The van der Waals surface area contributed by atoms with Crippen LogP contribution in [-0.4, -0.2) is 39.1 Å².